The average molecular weight is 256 g/mol. The molecule has 1 rings (SSSR count). The van der Waals surface area contributed by atoms with Gasteiger partial charge in [-0.1, -0.05) is 0 Å². The van der Waals surface area contributed by atoms with E-state index in [1.165, 1.54) is 6.07 Å². The average Bonchev–Trinajstić information content (AvgIpc) is 2.35. The fourth-order valence-corrected chi connectivity index (χ4v) is 1.24. The highest BCUT2D eigenvalue weighted by molar-refractivity contribution is 5.89. The molecule has 1 aromatic carbocycles. The van der Waals surface area contributed by atoms with Crippen LogP contribution in [0, 0.1) is 10.1 Å². The van der Waals surface area contributed by atoms with Crippen LogP contribution in [-0.4, -0.2) is 45.5 Å². The molecule has 0 aliphatic carbocycles. The van der Waals surface area contributed by atoms with E-state index in [0.717, 1.165) is 12.1 Å². The Labute approximate surface area is 102 Å². The van der Waals surface area contributed by atoms with Crippen molar-refractivity contribution in [3.63, 3.8) is 0 Å². The van der Waals surface area contributed by atoms with E-state index in [2.05, 4.69) is 5.32 Å². The number of benzene rings is 1. The Morgan fingerprint density at radius 3 is 2.61 bits per heavy atom. The second kappa shape index (κ2) is 5.94. The van der Waals surface area contributed by atoms with Gasteiger partial charge in [0.15, 0.2) is 0 Å². The maximum Gasteiger partial charge on any atom is 0.336 e. The number of hydrogen-bond donors (Lipinski definition) is 4. The summed E-state index contributed by atoms with van der Waals surface area (Å²) in [6, 6.07) is 3.30. The van der Waals surface area contributed by atoms with Crippen molar-refractivity contribution in [2.75, 3.05) is 18.5 Å². The highest BCUT2D eigenvalue weighted by Crippen LogP contribution is 2.21. The summed E-state index contributed by atoms with van der Waals surface area (Å²) in [6.45, 7) is -0.509. The zero-order chi connectivity index (χ0) is 13.7. The first-order valence-electron chi connectivity index (χ1n) is 4.99. The first kappa shape index (κ1) is 13.9. The van der Waals surface area contributed by atoms with Gasteiger partial charge >= 0.3 is 5.97 Å². The maximum absolute atomic E-state index is 10.8. The Balaban J connectivity index is 2.96. The van der Waals surface area contributed by atoms with Gasteiger partial charge in [-0.25, -0.2) is 4.79 Å². The van der Waals surface area contributed by atoms with Crippen LogP contribution in [-0.2, 0) is 0 Å². The van der Waals surface area contributed by atoms with E-state index in [-0.39, 0.29) is 23.5 Å². The van der Waals surface area contributed by atoms with Crippen molar-refractivity contribution in [2.45, 2.75) is 6.10 Å². The van der Waals surface area contributed by atoms with Crippen LogP contribution in [0.15, 0.2) is 18.2 Å². The number of nitro groups is 1. The number of carbonyl (C=O) groups is 1. The molecule has 0 saturated heterocycles. The summed E-state index contributed by atoms with van der Waals surface area (Å²) in [6.07, 6.45) is -1.03. The quantitative estimate of drug-likeness (QED) is 0.417. The number of nitrogens with zero attached hydrogens (tertiary/aromatic N) is 1. The van der Waals surface area contributed by atoms with Gasteiger partial charge < -0.3 is 20.6 Å². The molecule has 0 heterocycles. The smallest absolute Gasteiger partial charge is 0.336 e. The lowest BCUT2D eigenvalue weighted by molar-refractivity contribution is -0.384. The Kier molecular flexibility index (Phi) is 4.58. The summed E-state index contributed by atoms with van der Waals surface area (Å²) in [4.78, 5) is 20.7. The number of aliphatic hydroxyl groups is 2. The number of carboxylic acid groups (broad SMARTS) is 1. The molecule has 0 aliphatic heterocycles. The van der Waals surface area contributed by atoms with Crippen LogP contribution in [0.1, 0.15) is 10.4 Å². The molecule has 1 atom stereocenters. The van der Waals surface area contributed by atoms with Crippen molar-refractivity contribution in [2.24, 2.45) is 0 Å². The Bertz CT molecular complexity index is 429. The molecule has 1 unspecified atom stereocenters. The predicted molar refractivity (Wildman–Crippen MR) is 61.6 cm³/mol. The number of nitrogens with one attached hydrogen (secondary N) is 1. The van der Waals surface area contributed by atoms with Crippen molar-refractivity contribution in [1.82, 2.24) is 0 Å². The van der Waals surface area contributed by atoms with Gasteiger partial charge in [0, 0.05) is 24.4 Å². The summed E-state index contributed by atoms with van der Waals surface area (Å²) in [7, 11) is 0. The topological polar surface area (TPSA) is 133 Å². The lowest BCUT2D eigenvalue weighted by Crippen LogP contribution is -2.23. The van der Waals surface area contributed by atoms with Crippen LogP contribution >= 0.6 is 0 Å². The van der Waals surface area contributed by atoms with E-state index in [1.54, 1.807) is 0 Å². The summed E-state index contributed by atoms with van der Waals surface area (Å²) >= 11 is 0. The van der Waals surface area contributed by atoms with Gasteiger partial charge in [-0.3, -0.25) is 10.1 Å². The van der Waals surface area contributed by atoms with Gasteiger partial charge in [0.25, 0.3) is 5.69 Å². The summed E-state index contributed by atoms with van der Waals surface area (Å²) in [5, 5.41) is 39.7. The Hall–Kier alpha value is -2.19. The fourth-order valence-electron chi connectivity index (χ4n) is 1.24. The first-order chi connectivity index (χ1) is 8.43. The molecular weight excluding hydrogens is 244 g/mol. The van der Waals surface area contributed by atoms with E-state index >= 15 is 0 Å². The van der Waals surface area contributed by atoms with Crippen LogP contribution in [0.25, 0.3) is 0 Å². The number of carboxylic acids is 1. The monoisotopic (exact) mass is 256 g/mol. The summed E-state index contributed by atoms with van der Waals surface area (Å²) < 4.78 is 0. The zero-order valence-electron chi connectivity index (χ0n) is 9.24. The summed E-state index contributed by atoms with van der Waals surface area (Å²) in [5.74, 6) is -1.29. The van der Waals surface area contributed by atoms with Crippen molar-refractivity contribution in [3.05, 3.63) is 33.9 Å². The number of nitro benzene ring substituents is 1. The van der Waals surface area contributed by atoms with Crippen LogP contribution in [0.2, 0.25) is 0 Å². The van der Waals surface area contributed by atoms with E-state index in [9.17, 15) is 14.9 Å². The minimum atomic E-state index is -1.29. The number of anilines is 1. The second-order valence-electron chi connectivity index (χ2n) is 3.55. The summed E-state index contributed by atoms with van der Waals surface area (Å²) in [5.41, 5.74) is -0.407. The Morgan fingerprint density at radius 1 is 1.44 bits per heavy atom. The molecule has 18 heavy (non-hydrogen) atoms. The van der Waals surface area contributed by atoms with Crippen LogP contribution < -0.4 is 5.32 Å². The molecule has 0 radical (unpaired) electrons. The van der Waals surface area contributed by atoms with Crippen LogP contribution in [0.4, 0.5) is 11.4 Å². The number of aliphatic hydroxyl groups excluding tert-OH is 2. The molecule has 0 saturated carbocycles. The molecule has 0 fully saturated rings. The van der Waals surface area contributed by atoms with Gasteiger partial charge in [0.05, 0.1) is 23.2 Å². The van der Waals surface area contributed by atoms with E-state index in [1.807, 2.05) is 0 Å². The van der Waals surface area contributed by atoms with Crippen molar-refractivity contribution in [1.29, 1.82) is 0 Å². The lowest BCUT2D eigenvalue weighted by Gasteiger charge is -2.10. The standard InChI is InChI=1S/C10H12N2O6/c13-5-9(14)4-11-7-1-6(10(15)16)2-8(3-7)12(17)18/h1-3,9,11,13-14H,4-5H2,(H,15,16). The predicted octanol–water partition coefficient (Wildman–Crippen LogP) is 0.0581. The molecule has 8 heteroatoms. The molecule has 98 valence electrons. The molecule has 0 bridgehead atoms. The van der Waals surface area contributed by atoms with Gasteiger partial charge in [-0.05, 0) is 6.07 Å². The van der Waals surface area contributed by atoms with Gasteiger partial charge in [-0.15, -0.1) is 0 Å². The first-order valence-corrected chi connectivity index (χ1v) is 4.99. The minimum Gasteiger partial charge on any atom is -0.478 e. The van der Waals surface area contributed by atoms with Crippen molar-refractivity contribution < 1.29 is 25.0 Å². The minimum absolute atomic E-state index is 0.0449. The number of aromatic carboxylic acids is 1. The third-order valence-corrected chi connectivity index (χ3v) is 2.13. The molecule has 4 N–H and O–H groups in total. The molecule has 0 amide bonds. The molecular formula is C10H12N2O6. The van der Waals surface area contributed by atoms with Crippen molar-refractivity contribution in [3.8, 4) is 0 Å². The van der Waals surface area contributed by atoms with Gasteiger partial charge in [0.2, 0.25) is 0 Å². The van der Waals surface area contributed by atoms with Gasteiger partial charge in [0.1, 0.15) is 0 Å². The Morgan fingerprint density at radius 2 is 2.11 bits per heavy atom. The SMILES string of the molecule is O=C(O)c1cc(NCC(O)CO)cc([N+](=O)[O-])c1. The molecule has 0 spiro atoms. The third-order valence-electron chi connectivity index (χ3n) is 2.13. The molecule has 8 nitrogen and oxygen atoms in total. The van der Waals surface area contributed by atoms with Gasteiger partial charge in [-0.2, -0.15) is 0 Å². The highest BCUT2D eigenvalue weighted by atomic mass is 16.6. The van der Waals surface area contributed by atoms with Crippen molar-refractivity contribution >= 4 is 17.3 Å². The molecule has 0 aliphatic rings. The largest absolute Gasteiger partial charge is 0.478 e. The second-order valence-corrected chi connectivity index (χ2v) is 3.55. The third kappa shape index (κ3) is 3.68. The van der Waals surface area contributed by atoms with Crippen LogP contribution in [0.5, 0.6) is 0 Å². The fraction of sp³-hybridized carbons (Fsp3) is 0.300. The molecule has 1 aromatic rings. The van der Waals surface area contributed by atoms with E-state index < -0.39 is 23.6 Å². The molecule has 0 aromatic heterocycles. The number of rotatable bonds is 6. The van der Waals surface area contributed by atoms with E-state index in [0.29, 0.717) is 0 Å². The number of hydrogen-bond acceptors (Lipinski definition) is 6. The van der Waals surface area contributed by atoms with E-state index in [4.69, 9.17) is 15.3 Å². The highest BCUT2D eigenvalue weighted by Gasteiger charge is 2.14. The zero-order valence-corrected chi connectivity index (χ0v) is 9.24. The lowest BCUT2D eigenvalue weighted by atomic mass is 10.1. The normalized spacial score (nSPS) is 11.9. The van der Waals surface area contributed by atoms with Crippen LogP contribution in [0.3, 0.4) is 0 Å². The maximum atomic E-state index is 10.8. The number of non-ortho nitro benzene ring substituents is 1.